The van der Waals surface area contributed by atoms with E-state index in [1.807, 2.05) is 0 Å². The molecule has 1 fully saturated rings. The van der Waals surface area contributed by atoms with E-state index in [0.717, 1.165) is 13.1 Å². The zero-order chi connectivity index (χ0) is 12.8. The first kappa shape index (κ1) is 13.6. The minimum Gasteiger partial charge on any atom is -0.314 e. The highest BCUT2D eigenvalue weighted by Gasteiger charge is 2.25. The van der Waals surface area contributed by atoms with Crippen LogP contribution in [0, 0.1) is 0 Å². The van der Waals surface area contributed by atoms with Gasteiger partial charge in [-0.15, -0.1) is 0 Å². The maximum absolute atomic E-state index is 3.54. The number of hydrogen-bond acceptors (Lipinski definition) is 2. The van der Waals surface area contributed by atoms with Gasteiger partial charge in [-0.25, -0.2) is 0 Å². The monoisotopic (exact) mass is 246 g/mol. The second-order valence-corrected chi connectivity index (χ2v) is 5.42. The molecule has 2 rings (SSSR count). The lowest BCUT2D eigenvalue weighted by atomic mass is 10.00. The topological polar surface area (TPSA) is 15.3 Å². The standard InChI is InChI=1S/C16H26N2/c1-3-7-14(2)18-11-10-17-13-16(18)12-15-8-5-4-6-9-15/h4-6,8-9,14,16-17H,3,7,10-13H2,1-2H3. The van der Waals surface area contributed by atoms with E-state index in [9.17, 15) is 0 Å². The molecular formula is C16H26N2. The van der Waals surface area contributed by atoms with Crippen LogP contribution in [0.3, 0.4) is 0 Å². The second-order valence-electron chi connectivity index (χ2n) is 5.42. The van der Waals surface area contributed by atoms with Crippen molar-refractivity contribution in [2.75, 3.05) is 19.6 Å². The molecule has 1 aliphatic heterocycles. The van der Waals surface area contributed by atoms with Gasteiger partial charge in [0, 0.05) is 31.7 Å². The summed E-state index contributed by atoms with van der Waals surface area (Å²) in [5.41, 5.74) is 1.46. The van der Waals surface area contributed by atoms with Crippen LogP contribution in [0.4, 0.5) is 0 Å². The Hall–Kier alpha value is -0.860. The van der Waals surface area contributed by atoms with Gasteiger partial charge in [0.25, 0.3) is 0 Å². The van der Waals surface area contributed by atoms with Gasteiger partial charge in [-0.3, -0.25) is 4.90 Å². The highest BCUT2D eigenvalue weighted by atomic mass is 15.2. The third kappa shape index (κ3) is 3.56. The van der Waals surface area contributed by atoms with Crippen molar-refractivity contribution in [1.82, 2.24) is 10.2 Å². The van der Waals surface area contributed by atoms with Crippen LogP contribution >= 0.6 is 0 Å². The zero-order valence-electron chi connectivity index (χ0n) is 11.7. The molecule has 2 unspecified atom stereocenters. The molecule has 1 aromatic carbocycles. The van der Waals surface area contributed by atoms with Crippen molar-refractivity contribution in [2.24, 2.45) is 0 Å². The molecule has 0 saturated carbocycles. The van der Waals surface area contributed by atoms with Gasteiger partial charge in [-0.2, -0.15) is 0 Å². The Morgan fingerprint density at radius 2 is 2.11 bits per heavy atom. The Kier molecular flexibility index (Phi) is 5.21. The van der Waals surface area contributed by atoms with Crippen LogP contribution in [0.15, 0.2) is 30.3 Å². The Bertz CT molecular complexity index is 336. The Labute approximate surface area is 111 Å². The third-order valence-corrected chi connectivity index (χ3v) is 3.98. The summed E-state index contributed by atoms with van der Waals surface area (Å²) >= 11 is 0. The summed E-state index contributed by atoms with van der Waals surface area (Å²) in [6.07, 6.45) is 3.76. The lowest BCUT2D eigenvalue weighted by Crippen LogP contribution is -2.55. The fourth-order valence-corrected chi connectivity index (χ4v) is 3.02. The molecule has 1 N–H and O–H groups in total. The van der Waals surface area contributed by atoms with E-state index in [4.69, 9.17) is 0 Å². The van der Waals surface area contributed by atoms with Crippen LogP contribution in [-0.4, -0.2) is 36.6 Å². The highest BCUT2D eigenvalue weighted by molar-refractivity contribution is 5.16. The van der Waals surface area contributed by atoms with Crippen molar-refractivity contribution in [3.63, 3.8) is 0 Å². The van der Waals surface area contributed by atoms with Crippen molar-refractivity contribution in [2.45, 2.75) is 45.2 Å². The summed E-state index contributed by atoms with van der Waals surface area (Å²) in [5.74, 6) is 0. The number of nitrogens with zero attached hydrogens (tertiary/aromatic N) is 1. The summed E-state index contributed by atoms with van der Waals surface area (Å²) in [6, 6.07) is 12.2. The number of nitrogens with one attached hydrogen (secondary N) is 1. The summed E-state index contributed by atoms with van der Waals surface area (Å²) in [5, 5.41) is 3.54. The summed E-state index contributed by atoms with van der Waals surface area (Å²) in [4.78, 5) is 2.70. The number of piperazine rings is 1. The van der Waals surface area contributed by atoms with Crippen molar-refractivity contribution in [1.29, 1.82) is 0 Å². The number of benzene rings is 1. The van der Waals surface area contributed by atoms with E-state index >= 15 is 0 Å². The van der Waals surface area contributed by atoms with Crippen molar-refractivity contribution < 1.29 is 0 Å². The molecule has 1 heterocycles. The first-order valence-corrected chi connectivity index (χ1v) is 7.31. The Morgan fingerprint density at radius 3 is 2.83 bits per heavy atom. The molecule has 0 bridgehead atoms. The molecule has 0 radical (unpaired) electrons. The fraction of sp³-hybridized carbons (Fsp3) is 0.625. The van der Waals surface area contributed by atoms with Gasteiger partial charge in [0.05, 0.1) is 0 Å². The highest BCUT2D eigenvalue weighted by Crippen LogP contribution is 2.16. The van der Waals surface area contributed by atoms with E-state index in [0.29, 0.717) is 12.1 Å². The zero-order valence-corrected chi connectivity index (χ0v) is 11.7. The molecule has 2 atom stereocenters. The first-order valence-electron chi connectivity index (χ1n) is 7.31. The van der Waals surface area contributed by atoms with Gasteiger partial charge in [-0.1, -0.05) is 43.7 Å². The SMILES string of the molecule is CCCC(C)N1CCNCC1Cc1ccccc1. The van der Waals surface area contributed by atoms with Gasteiger partial charge in [-0.05, 0) is 25.3 Å². The van der Waals surface area contributed by atoms with Crippen LogP contribution in [0.2, 0.25) is 0 Å². The average molecular weight is 246 g/mol. The normalized spacial score (nSPS) is 22.9. The van der Waals surface area contributed by atoms with Crippen molar-refractivity contribution >= 4 is 0 Å². The first-order chi connectivity index (χ1) is 8.81. The maximum Gasteiger partial charge on any atom is 0.0264 e. The van der Waals surface area contributed by atoms with Crippen LogP contribution in [-0.2, 0) is 6.42 Å². The van der Waals surface area contributed by atoms with E-state index in [1.54, 1.807) is 0 Å². The quantitative estimate of drug-likeness (QED) is 0.859. The largest absolute Gasteiger partial charge is 0.314 e. The maximum atomic E-state index is 3.54. The molecule has 1 aliphatic rings. The molecule has 0 aliphatic carbocycles. The molecule has 2 nitrogen and oxygen atoms in total. The average Bonchev–Trinajstić information content (AvgIpc) is 2.41. The van der Waals surface area contributed by atoms with Crippen LogP contribution in [0.1, 0.15) is 32.3 Å². The predicted molar refractivity (Wildman–Crippen MR) is 77.9 cm³/mol. The minimum absolute atomic E-state index is 0.655. The van der Waals surface area contributed by atoms with Gasteiger partial charge in [0.15, 0.2) is 0 Å². The number of rotatable bonds is 5. The Balaban J connectivity index is 1.99. The molecular weight excluding hydrogens is 220 g/mol. The third-order valence-electron chi connectivity index (χ3n) is 3.98. The fourth-order valence-electron chi connectivity index (χ4n) is 3.02. The van der Waals surface area contributed by atoms with Crippen molar-refractivity contribution in [3.8, 4) is 0 Å². The van der Waals surface area contributed by atoms with E-state index in [2.05, 4.69) is 54.4 Å². The minimum atomic E-state index is 0.655. The molecule has 100 valence electrons. The van der Waals surface area contributed by atoms with Crippen molar-refractivity contribution in [3.05, 3.63) is 35.9 Å². The Morgan fingerprint density at radius 1 is 1.33 bits per heavy atom. The summed E-state index contributed by atoms with van der Waals surface area (Å²) < 4.78 is 0. The molecule has 1 aromatic rings. The smallest absolute Gasteiger partial charge is 0.0264 e. The lowest BCUT2D eigenvalue weighted by Gasteiger charge is -2.40. The van der Waals surface area contributed by atoms with Gasteiger partial charge in [0.2, 0.25) is 0 Å². The van der Waals surface area contributed by atoms with E-state index < -0.39 is 0 Å². The van der Waals surface area contributed by atoms with Gasteiger partial charge < -0.3 is 5.32 Å². The van der Waals surface area contributed by atoms with E-state index in [1.165, 1.54) is 31.4 Å². The summed E-state index contributed by atoms with van der Waals surface area (Å²) in [6.45, 7) is 8.12. The molecule has 0 spiro atoms. The number of hydrogen-bond donors (Lipinski definition) is 1. The van der Waals surface area contributed by atoms with Crippen LogP contribution < -0.4 is 5.32 Å². The molecule has 0 aromatic heterocycles. The molecule has 1 saturated heterocycles. The van der Waals surface area contributed by atoms with Crippen LogP contribution in [0.5, 0.6) is 0 Å². The van der Waals surface area contributed by atoms with Gasteiger partial charge in [0.1, 0.15) is 0 Å². The second kappa shape index (κ2) is 6.91. The molecule has 0 amide bonds. The van der Waals surface area contributed by atoms with E-state index in [-0.39, 0.29) is 0 Å². The lowest BCUT2D eigenvalue weighted by molar-refractivity contribution is 0.109. The van der Waals surface area contributed by atoms with Crippen LogP contribution in [0.25, 0.3) is 0 Å². The molecule has 2 heteroatoms. The van der Waals surface area contributed by atoms with Gasteiger partial charge >= 0.3 is 0 Å². The predicted octanol–water partition coefficient (Wildman–Crippen LogP) is 2.69. The summed E-state index contributed by atoms with van der Waals surface area (Å²) in [7, 11) is 0. The molecule has 18 heavy (non-hydrogen) atoms.